The molecule has 2 aromatic rings. The van der Waals surface area contributed by atoms with E-state index in [1.807, 2.05) is 0 Å². The zero-order valence-electron chi connectivity index (χ0n) is 12.8. The molecule has 0 bridgehead atoms. The molecule has 1 aliphatic heterocycles. The minimum atomic E-state index is -0.555. The van der Waals surface area contributed by atoms with Crippen LogP contribution in [0.2, 0.25) is 5.02 Å². The number of nitrogens with zero attached hydrogens (tertiary/aromatic N) is 1. The average Bonchev–Trinajstić information content (AvgIpc) is 2.85. The average molecular weight is 374 g/mol. The van der Waals surface area contributed by atoms with Crippen molar-refractivity contribution in [3.05, 3.63) is 69.6 Å². The van der Waals surface area contributed by atoms with Crippen molar-refractivity contribution in [2.45, 2.75) is 0 Å². The molecule has 0 aromatic heterocycles. The van der Waals surface area contributed by atoms with Crippen molar-refractivity contribution >= 4 is 46.4 Å². The molecule has 1 heterocycles. The van der Waals surface area contributed by atoms with Crippen LogP contribution in [0.3, 0.4) is 0 Å². The first kappa shape index (κ1) is 17.3. The molecule has 0 saturated carbocycles. The van der Waals surface area contributed by atoms with E-state index in [1.54, 1.807) is 42.5 Å². The van der Waals surface area contributed by atoms with Crippen molar-refractivity contribution in [2.75, 3.05) is 6.54 Å². The first-order chi connectivity index (χ1) is 12.0. The van der Waals surface area contributed by atoms with E-state index < -0.39 is 11.1 Å². The maximum absolute atomic E-state index is 12.4. The number of thioether (sulfide) groups is 1. The fourth-order valence-electron chi connectivity index (χ4n) is 2.26. The topological polar surface area (TPSA) is 74.7 Å². The van der Waals surface area contributed by atoms with E-state index >= 15 is 0 Å². The summed E-state index contributed by atoms with van der Waals surface area (Å²) >= 11 is 6.52. The van der Waals surface area contributed by atoms with E-state index in [0.29, 0.717) is 16.1 Å². The summed E-state index contributed by atoms with van der Waals surface area (Å²) in [5, 5.41) is 9.75. The number of para-hydroxylation sites is 1. The molecule has 2 aromatic carbocycles. The van der Waals surface area contributed by atoms with Crippen molar-refractivity contribution in [2.24, 2.45) is 0 Å². The van der Waals surface area contributed by atoms with Gasteiger partial charge < -0.3 is 5.11 Å². The molecule has 2 amide bonds. The van der Waals surface area contributed by atoms with E-state index in [-0.39, 0.29) is 23.0 Å². The number of halogens is 1. The minimum absolute atomic E-state index is 0.00606. The number of benzene rings is 2. The second kappa shape index (κ2) is 7.13. The van der Waals surface area contributed by atoms with Crippen LogP contribution in [0.25, 0.3) is 6.08 Å². The number of ketones is 1. The van der Waals surface area contributed by atoms with Gasteiger partial charge in [-0.05, 0) is 48.2 Å². The van der Waals surface area contributed by atoms with E-state index in [0.717, 1.165) is 16.7 Å². The van der Waals surface area contributed by atoms with Gasteiger partial charge in [0, 0.05) is 16.1 Å². The third-order valence-electron chi connectivity index (χ3n) is 3.56. The summed E-state index contributed by atoms with van der Waals surface area (Å²) in [5.41, 5.74) is 0.796. The Morgan fingerprint density at radius 1 is 1.12 bits per heavy atom. The van der Waals surface area contributed by atoms with E-state index in [4.69, 9.17) is 11.6 Å². The van der Waals surface area contributed by atoms with Crippen LogP contribution >= 0.6 is 23.4 Å². The van der Waals surface area contributed by atoms with Gasteiger partial charge in [-0.3, -0.25) is 19.3 Å². The molecule has 1 fully saturated rings. The summed E-state index contributed by atoms with van der Waals surface area (Å²) < 4.78 is 0. The molecule has 0 unspecified atom stereocenters. The minimum Gasteiger partial charge on any atom is -0.507 e. The Labute approximate surface area is 152 Å². The normalized spacial score (nSPS) is 15.9. The number of carbonyl (C=O) groups is 3. The molecule has 3 rings (SSSR count). The quantitative estimate of drug-likeness (QED) is 0.648. The van der Waals surface area contributed by atoms with Gasteiger partial charge in [0.1, 0.15) is 5.75 Å². The number of amides is 2. The highest BCUT2D eigenvalue weighted by Crippen LogP contribution is 2.33. The molecule has 1 N–H and O–H groups in total. The largest absolute Gasteiger partial charge is 0.507 e. The van der Waals surface area contributed by atoms with Crippen LogP contribution in [0.5, 0.6) is 5.75 Å². The molecule has 7 heteroatoms. The highest BCUT2D eigenvalue weighted by molar-refractivity contribution is 8.18. The highest BCUT2D eigenvalue weighted by Gasteiger charge is 2.36. The summed E-state index contributed by atoms with van der Waals surface area (Å²) in [6.45, 7) is -0.343. The Balaban J connectivity index is 1.79. The van der Waals surface area contributed by atoms with Gasteiger partial charge in [-0.15, -0.1) is 0 Å². The molecule has 25 heavy (non-hydrogen) atoms. The Bertz CT molecular complexity index is 892. The van der Waals surface area contributed by atoms with Crippen LogP contribution in [-0.4, -0.2) is 33.5 Å². The Morgan fingerprint density at radius 2 is 1.80 bits per heavy atom. The fraction of sp³-hybridized carbons (Fsp3) is 0.0556. The van der Waals surface area contributed by atoms with Crippen molar-refractivity contribution < 1.29 is 19.5 Å². The summed E-state index contributed by atoms with van der Waals surface area (Å²) in [6.07, 6.45) is 1.44. The van der Waals surface area contributed by atoms with Crippen molar-refractivity contribution in [1.82, 2.24) is 4.90 Å². The first-order valence-corrected chi connectivity index (χ1v) is 8.47. The number of Topliss-reactive ketones (excluding diaryl/α,β-unsaturated/α-hetero) is 1. The van der Waals surface area contributed by atoms with Crippen LogP contribution in [0.15, 0.2) is 53.4 Å². The zero-order chi connectivity index (χ0) is 18.0. The van der Waals surface area contributed by atoms with Crippen LogP contribution in [-0.2, 0) is 4.79 Å². The van der Waals surface area contributed by atoms with Gasteiger partial charge in [0.15, 0.2) is 5.78 Å². The zero-order valence-corrected chi connectivity index (χ0v) is 14.4. The molecule has 0 spiro atoms. The lowest BCUT2D eigenvalue weighted by Crippen LogP contribution is -2.33. The van der Waals surface area contributed by atoms with Gasteiger partial charge >= 0.3 is 0 Å². The van der Waals surface area contributed by atoms with Gasteiger partial charge in [0.25, 0.3) is 11.1 Å². The summed E-state index contributed by atoms with van der Waals surface area (Å²) in [5.74, 6) is -0.908. The molecule has 126 valence electrons. The number of hydrogen-bond donors (Lipinski definition) is 1. The van der Waals surface area contributed by atoms with E-state index in [1.165, 1.54) is 12.1 Å². The molecule has 0 atom stereocenters. The van der Waals surface area contributed by atoms with Crippen molar-refractivity contribution in [1.29, 1.82) is 0 Å². The summed E-state index contributed by atoms with van der Waals surface area (Å²) in [4.78, 5) is 37.8. The first-order valence-electron chi connectivity index (χ1n) is 7.28. The smallest absolute Gasteiger partial charge is 0.293 e. The Kier molecular flexibility index (Phi) is 4.92. The molecular weight excluding hydrogens is 362 g/mol. The maximum Gasteiger partial charge on any atom is 0.293 e. The van der Waals surface area contributed by atoms with Gasteiger partial charge in [-0.1, -0.05) is 29.8 Å². The van der Waals surface area contributed by atoms with E-state index in [9.17, 15) is 19.5 Å². The maximum atomic E-state index is 12.4. The third kappa shape index (κ3) is 3.75. The summed E-state index contributed by atoms with van der Waals surface area (Å²) in [6, 6.07) is 12.7. The second-order valence-corrected chi connectivity index (χ2v) is 6.69. The van der Waals surface area contributed by atoms with Gasteiger partial charge in [-0.25, -0.2) is 0 Å². The lowest BCUT2D eigenvalue weighted by Gasteiger charge is -2.11. The van der Waals surface area contributed by atoms with Crippen LogP contribution < -0.4 is 0 Å². The van der Waals surface area contributed by atoms with Gasteiger partial charge in [-0.2, -0.15) is 0 Å². The number of aromatic hydroxyl groups is 1. The lowest BCUT2D eigenvalue weighted by atomic mass is 10.1. The number of carbonyl (C=O) groups excluding carboxylic acids is 3. The molecule has 0 aliphatic carbocycles. The predicted molar refractivity (Wildman–Crippen MR) is 96.6 cm³/mol. The number of phenolic OH excluding ortho intramolecular Hbond substituents is 1. The number of phenols is 1. The van der Waals surface area contributed by atoms with Crippen molar-refractivity contribution in [3.63, 3.8) is 0 Å². The van der Waals surface area contributed by atoms with Crippen LogP contribution in [0, 0.1) is 0 Å². The molecule has 0 radical (unpaired) electrons. The predicted octanol–water partition coefficient (Wildman–Crippen LogP) is 3.96. The molecule has 5 nitrogen and oxygen atoms in total. The van der Waals surface area contributed by atoms with E-state index in [2.05, 4.69) is 0 Å². The summed E-state index contributed by atoms with van der Waals surface area (Å²) in [7, 11) is 0. The molecular formula is C18H12ClNO4S. The SMILES string of the molecule is O=C(CN1C(=O)S/C(=C\c2ccccc2O)C1=O)c1ccc(Cl)cc1. The fourth-order valence-corrected chi connectivity index (χ4v) is 3.21. The van der Waals surface area contributed by atoms with Crippen LogP contribution in [0.1, 0.15) is 15.9 Å². The Hall–Kier alpha value is -2.57. The number of hydrogen-bond acceptors (Lipinski definition) is 5. The van der Waals surface area contributed by atoms with Gasteiger partial charge in [0.05, 0.1) is 11.4 Å². The second-order valence-electron chi connectivity index (χ2n) is 5.26. The monoisotopic (exact) mass is 373 g/mol. The number of imide groups is 1. The third-order valence-corrected chi connectivity index (χ3v) is 4.72. The van der Waals surface area contributed by atoms with Crippen LogP contribution in [0.4, 0.5) is 4.79 Å². The number of rotatable bonds is 4. The Morgan fingerprint density at radius 3 is 2.48 bits per heavy atom. The lowest BCUT2D eigenvalue weighted by molar-refractivity contribution is -0.122. The molecule has 1 aliphatic rings. The van der Waals surface area contributed by atoms with Crippen molar-refractivity contribution in [3.8, 4) is 5.75 Å². The molecule has 1 saturated heterocycles. The highest BCUT2D eigenvalue weighted by atomic mass is 35.5. The standard InChI is InChI=1S/C18H12ClNO4S/c19-13-7-5-11(6-8-13)15(22)10-20-17(23)16(25-18(20)24)9-12-3-1-2-4-14(12)21/h1-9,21H,10H2/b16-9-. The van der Waals surface area contributed by atoms with Gasteiger partial charge in [0.2, 0.25) is 0 Å².